The first kappa shape index (κ1) is 14.5. The zero-order chi connectivity index (χ0) is 13.2. The van der Waals surface area contributed by atoms with E-state index in [0.717, 1.165) is 32.1 Å². The molecule has 0 aliphatic heterocycles. The fraction of sp³-hybridized carbons (Fsp3) is 0.500. The number of likely N-dealkylation sites (N-methyl/N-ethyl adjacent to an activating group) is 1. The highest BCUT2D eigenvalue weighted by molar-refractivity contribution is 5.36. The van der Waals surface area contributed by atoms with Crippen LogP contribution in [0.15, 0.2) is 24.3 Å². The van der Waals surface area contributed by atoms with Gasteiger partial charge in [0.1, 0.15) is 12.4 Å². The van der Waals surface area contributed by atoms with Crippen molar-refractivity contribution in [2.24, 2.45) is 0 Å². The third kappa shape index (κ3) is 5.67. The molecule has 0 unspecified atom stereocenters. The Hall–Kier alpha value is -1.57. The summed E-state index contributed by atoms with van der Waals surface area (Å²) in [5.41, 5.74) is 0.622. The van der Waals surface area contributed by atoms with E-state index < -0.39 is 0 Å². The Labute approximate surface area is 109 Å². The van der Waals surface area contributed by atoms with Crippen molar-refractivity contribution < 1.29 is 9.47 Å². The van der Waals surface area contributed by atoms with Gasteiger partial charge in [-0.05, 0) is 32.2 Å². The van der Waals surface area contributed by atoms with Gasteiger partial charge < -0.3 is 14.4 Å². The summed E-state index contributed by atoms with van der Waals surface area (Å²) < 4.78 is 10.9. The SMILES string of the molecule is CCOCCN(C)CCOc1cccc(C#N)c1. The van der Waals surface area contributed by atoms with Gasteiger partial charge in [0, 0.05) is 19.7 Å². The number of nitriles is 1. The van der Waals surface area contributed by atoms with Gasteiger partial charge in [-0.25, -0.2) is 0 Å². The highest BCUT2D eigenvalue weighted by Gasteiger charge is 2.00. The van der Waals surface area contributed by atoms with Gasteiger partial charge in [0.2, 0.25) is 0 Å². The van der Waals surface area contributed by atoms with Crippen LogP contribution >= 0.6 is 0 Å². The maximum absolute atomic E-state index is 8.77. The van der Waals surface area contributed by atoms with E-state index in [1.54, 1.807) is 12.1 Å². The molecule has 0 aliphatic rings. The molecule has 0 saturated heterocycles. The molecule has 0 radical (unpaired) electrons. The highest BCUT2D eigenvalue weighted by Crippen LogP contribution is 2.12. The summed E-state index contributed by atoms with van der Waals surface area (Å²) in [5, 5.41) is 8.77. The lowest BCUT2D eigenvalue weighted by atomic mass is 10.2. The minimum Gasteiger partial charge on any atom is -0.492 e. The molecule has 4 heteroatoms. The van der Waals surface area contributed by atoms with Gasteiger partial charge >= 0.3 is 0 Å². The third-order valence-corrected chi connectivity index (χ3v) is 2.53. The molecular formula is C14H20N2O2. The molecule has 0 heterocycles. The fourth-order valence-corrected chi connectivity index (χ4v) is 1.45. The van der Waals surface area contributed by atoms with Crippen molar-refractivity contribution in [1.29, 1.82) is 5.26 Å². The van der Waals surface area contributed by atoms with Gasteiger partial charge in [-0.15, -0.1) is 0 Å². The molecule has 0 bridgehead atoms. The van der Waals surface area contributed by atoms with E-state index in [1.165, 1.54) is 0 Å². The van der Waals surface area contributed by atoms with E-state index in [-0.39, 0.29) is 0 Å². The van der Waals surface area contributed by atoms with Crippen molar-refractivity contribution in [1.82, 2.24) is 4.90 Å². The number of ether oxygens (including phenoxy) is 2. The Morgan fingerprint density at radius 2 is 2.06 bits per heavy atom. The zero-order valence-electron chi connectivity index (χ0n) is 11.1. The lowest BCUT2D eigenvalue weighted by molar-refractivity contribution is 0.116. The van der Waals surface area contributed by atoms with Crippen LogP contribution in [0.2, 0.25) is 0 Å². The Balaban J connectivity index is 2.22. The molecule has 1 aromatic rings. The number of hydrogen-bond acceptors (Lipinski definition) is 4. The lowest BCUT2D eigenvalue weighted by Crippen LogP contribution is -2.27. The molecule has 98 valence electrons. The maximum atomic E-state index is 8.77. The molecule has 0 fully saturated rings. The smallest absolute Gasteiger partial charge is 0.120 e. The van der Waals surface area contributed by atoms with Gasteiger partial charge in [0.15, 0.2) is 0 Å². The summed E-state index contributed by atoms with van der Waals surface area (Å²) in [4.78, 5) is 2.16. The third-order valence-electron chi connectivity index (χ3n) is 2.53. The second-order valence-electron chi connectivity index (χ2n) is 3.99. The quantitative estimate of drug-likeness (QED) is 0.659. The maximum Gasteiger partial charge on any atom is 0.120 e. The Morgan fingerprint density at radius 1 is 1.28 bits per heavy atom. The molecule has 0 aliphatic carbocycles. The van der Waals surface area contributed by atoms with Crippen molar-refractivity contribution in [3.8, 4) is 11.8 Å². The van der Waals surface area contributed by atoms with Crippen LogP contribution in [0.3, 0.4) is 0 Å². The molecule has 0 N–H and O–H groups in total. The Kier molecular flexibility index (Phi) is 6.85. The van der Waals surface area contributed by atoms with Crippen LogP contribution in [-0.4, -0.2) is 44.9 Å². The predicted molar refractivity (Wildman–Crippen MR) is 70.6 cm³/mol. The largest absolute Gasteiger partial charge is 0.492 e. The zero-order valence-corrected chi connectivity index (χ0v) is 11.1. The van der Waals surface area contributed by atoms with Crippen LogP contribution in [0.4, 0.5) is 0 Å². The molecule has 0 aromatic heterocycles. The van der Waals surface area contributed by atoms with Crippen LogP contribution in [0.25, 0.3) is 0 Å². The highest BCUT2D eigenvalue weighted by atomic mass is 16.5. The summed E-state index contributed by atoms with van der Waals surface area (Å²) in [6, 6.07) is 9.30. The first-order valence-corrected chi connectivity index (χ1v) is 6.15. The number of rotatable bonds is 8. The molecule has 18 heavy (non-hydrogen) atoms. The monoisotopic (exact) mass is 248 g/mol. The fourth-order valence-electron chi connectivity index (χ4n) is 1.45. The van der Waals surface area contributed by atoms with Crippen LogP contribution in [0, 0.1) is 11.3 Å². The van der Waals surface area contributed by atoms with Gasteiger partial charge in [0.25, 0.3) is 0 Å². The number of benzene rings is 1. The summed E-state index contributed by atoms with van der Waals surface area (Å²) in [6.45, 7) is 5.84. The molecular weight excluding hydrogens is 228 g/mol. The first-order valence-electron chi connectivity index (χ1n) is 6.15. The number of hydrogen-bond donors (Lipinski definition) is 0. The van der Waals surface area contributed by atoms with Crippen LogP contribution in [0.1, 0.15) is 12.5 Å². The van der Waals surface area contributed by atoms with E-state index >= 15 is 0 Å². The first-order chi connectivity index (χ1) is 8.76. The predicted octanol–water partition coefficient (Wildman–Crippen LogP) is 1.91. The summed E-state index contributed by atoms with van der Waals surface area (Å²) in [5.74, 6) is 0.743. The van der Waals surface area contributed by atoms with Crippen molar-refractivity contribution in [2.45, 2.75) is 6.92 Å². The summed E-state index contributed by atoms with van der Waals surface area (Å²) in [7, 11) is 2.04. The molecule has 0 spiro atoms. The standard InChI is InChI=1S/C14H20N2O2/c1-3-17-9-7-16(2)8-10-18-14-6-4-5-13(11-14)12-15/h4-6,11H,3,7-10H2,1-2H3. The molecule has 0 atom stereocenters. The van der Waals surface area contributed by atoms with Crippen molar-refractivity contribution in [3.63, 3.8) is 0 Å². The van der Waals surface area contributed by atoms with E-state index in [0.29, 0.717) is 12.2 Å². The van der Waals surface area contributed by atoms with Crippen molar-refractivity contribution >= 4 is 0 Å². The summed E-state index contributed by atoms with van der Waals surface area (Å²) in [6.07, 6.45) is 0. The van der Waals surface area contributed by atoms with Crippen LogP contribution in [-0.2, 0) is 4.74 Å². The van der Waals surface area contributed by atoms with E-state index in [2.05, 4.69) is 11.0 Å². The normalized spacial score (nSPS) is 10.3. The second-order valence-corrected chi connectivity index (χ2v) is 3.99. The van der Waals surface area contributed by atoms with Crippen molar-refractivity contribution in [2.75, 3.05) is 40.0 Å². The lowest BCUT2D eigenvalue weighted by Gasteiger charge is -2.16. The topological polar surface area (TPSA) is 45.5 Å². The van der Waals surface area contributed by atoms with Gasteiger partial charge in [-0.2, -0.15) is 5.26 Å². The average Bonchev–Trinajstić information content (AvgIpc) is 2.39. The van der Waals surface area contributed by atoms with E-state index in [9.17, 15) is 0 Å². The Bertz CT molecular complexity index is 388. The minimum atomic E-state index is 0.609. The van der Waals surface area contributed by atoms with Gasteiger partial charge in [0.05, 0.1) is 18.2 Å². The molecule has 1 rings (SSSR count). The average molecular weight is 248 g/mol. The molecule has 0 saturated carbocycles. The van der Waals surface area contributed by atoms with Crippen LogP contribution < -0.4 is 4.74 Å². The molecule has 0 amide bonds. The van der Waals surface area contributed by atoms with Gasteiger partial charge in [-0.3, -0.25) is 0 Å². The van der Waals surface area contributed by atoms with Crippen LogP contribution in [0.5, 0.6) is 5.75 Å². The van der Waals surface area contributed by atoms with Gasteiger partial charge in [-0.1, -0.05) is 6.07 Å². The number of nitrogens with zero attached hydrogens (tertiary/aromatic N) is 2. The summed E-state index contributed by atoms with van der Waals surface area (Å²) >= 11 is 0. The molecule has 1 aromatic carbocycles. The van der Waals surface area contributed by atoms with Crippen molar-refractivity contribution in [3.05, 3.63) is 29.8 Å². The van der Waals surface area contributed by atoms with E-state index in [1.807, 2.05) is 26.1 Å². The second kappa shape index (κ2) is 8.51. The van der Waals surface area contributed by atoms with E-state index in [4.69, 9.17) is 14.7 Å². The minimum absolute atomic E-state index is 0.609. The molecule has 4 nitrogen and oxygen atoms in total. The Morgan fingerprint density at radius 3 is 2.78 bits per heavy atom.